The molecule has 180 valence electrons. The summed E-state index contributed by atoms with van der Waals surface area (Å²) >= 11 is 1.56. The third-order valence-corrected chi connectivity index (χ3v) is 7.21. The molecule has 10 heteroatoms. The van der Waals surface area contributed by atoms with Crippen molar-refractivity contribution in [2.24, 2.45) is 0 Å². The molecule has 4 aliphatic rings. The fourth-order valence-electron chi connectivity index (χ4n) is 4.89. The van der Waals surface area contributed by atoms with Crippen molar-refractivity contribution >= 4 is 34.5 Å². The first-order valence-electron chi connectivity index (χ1n) is 11.7. The molecule has 2 unspecified atom stereocenters. The summed E-state index contributed by atoms with van der Waals surface area (Å²) in [6.45, 7) is 8.27. The second-order valence-electron chi connectivity index (χ2n) is 10.1. The molecule has 0 spiro atoms. The number of thiazole rings is 1. The fraction of sp³-hybridized carbons (Fsp3) is 0.542. The van der Waals surface area contributed by atoms with Gasteiger partial charge in [0.25, 0.3) is 6.01 Å². The van der Waals surface area contributed by atoms with Gasteiger partial charge in [0.1, 0.15) is 22.5 Å². The smallest absolute Gasteiger partial charge is 0.410 e. The van der Waals surface area contributed by atoms with Gasteiger partial charge < -0.3 is 23.5 Å². The van der Waals surface area contributed by atoms with Crippen molar-refractivity contribution in [1.82, 2.24) is 14.9 Å². The van der Waals surface area contributed by atoms with Crippen molar-refractivity contribution in [3.05, 3.63) is 23.7 Å². The highest BCUT2D eigenvalue weighted by atomic mass is 32.1. The molecule has 0 N–H and O–H groups in total. The molecule has 4 aliphatic heterocycles. The Morgan fingerprint density at radius 3 is 2.74 bits per heavy atom. The number of fused-ring (bicyclic) bond motifs is 3. The summed E-state index contributed by atoms with van der Waals surface area (Å²) in [4.78, 5) is 26.0. The van der Waals surface area contributed by atoms with Crippen molar-refractivity contribution in [2.45, 2.75) is 57.4 Å². The highest BCUT2D eigenvalue weighted by molar-refractivity contribution is 7.13. The van der Waals surface area contributed by atoms with Crippen LogP contribution in [0, 0.1) is 0 Å². The van der Waals surface area contributed by atoms with E-state index in [1.807, 2.05) is 43.2 Å². The topological polar surface area (TPSA) is 90.2 Å². The summed E-state index contributed by atoms with van der Waals surface area (Å²) < 4.78 is 23.7. The van der Waals surface area contributed by atoms with Gasteiger partial charge in [-0.1, -0.05) is 0 Å². The lowest BCUT2D eigenvalue weighted by atomic mass is 9.88. The van der Waals surface area contributed by atoms with E-state index in [2.05, 4.69) is 9.88 Å². The van der Waals surface area contributed by atoms with Crippen LogP contribution < -0.4 is 9.64 Å². The summed E-state index contributed by atoms with van der Waals surface area (Å²) in [5.41, 5.74) is 1.76. The molecular formula is C24H28N4O5S. The number of oxazole rings is 1. The van der Waals surface area contributed by atoms with Crippen molar-refractivity contribution < 1.29 is 23.4 Å². The summed E-state index contributed by atoms with van der Waals surface area (Å²) in [6.07, 6.45) is 3.38. The van der Waals surface area contributed by atoms with Crippen LogP contribution in [0.4, 0.5) is 10.8 Å². The number of ether oxygens (including phenoxy) is 3. The predicted octanol–water partition coefficient (Wildman–Crippen LogP) is 4.32. The van der Waals surface area contributed by atoms with Gasteiger partial charge in [-0.05, 0) is 39.3 Å². The molecule has 4 fully saturated rings. The molecule has 4 saturated heterocycles. The van der Waals surface area contributed by atoms with Crippen LogP contribution in [0.2, 0.25) is 0 Å². The zero-order valence-corrected chi connectivity index (χ0v) is 20.3. The number of anilines is 1. The molecule has 1 aromatic carbocycles. The minimum atomic E-state index is -0.506. The molecule has 2 bridgehead atoms. The van der Waals surface area contributed by atoms with Crippen LogP contribution in [0.25, 0.3) is 21.7 Å². The van der Waals surface area contributed by atoms with Gasteiger partial charge in [-0.3, -0.25) is 4.90 Å². The van der Waals surface area contributed by atoms with Gasteiger partial charge in [-0.15, -0.1) is 11.3 Å². The lowest BCUT2D eigenvalue weighted by Gasteiger charge is -2.55. The Bertz CT molecular complexity index is 1190. The number of hydrogen-bond donors (Lipinski definition) is 0. The van der Waals surface area contributed by atoms with E-state index in [4.69, 9.17) is 23.6 Å². The van der Waals surface area contributed by atoms with E-state index in [1.165, 1.54) is 0 Å². The first-order chi connectivity index (χ1) is 16.4. The van der Waals surface area contributed by atoms with Crippen molar-refractivity contribution in [3.63, 3.8) is 0 Å². The summed E-state index contributed by atoms with van der Waals surface area (Å²) in [5, 5.41) is 2.82. The summed E-state index contributed by atoms with van der Waals surface area (Å²) in [7, 11) is 0. The van der Waals surface area contributed by atoms with Gasteiger partial charge >= 0.3 is 6.09 Å². The molecule has 34 heavy (non-hydrogen) atoms. The highest BCUT2D eigenvalue weighted by Gasteiger charge is 2.49. The minimum absolute atomic E-state index is 0.0130. The predicted molar refractivity (Wildman–Crippen MR) is 127 cm³/mol. The van der Waals surface area contributed by atoms with E-state index in [0.717, 1.165) is 23.4 Å². The second-order valence-corrected chi connectivity index (χ2v) is 11.0. The number of rotatable bonds is 4. The number of carbonyl (C=O) groups excluding carboxylic acids is 1. The van der Waals surface area contributed by atoms with Gasteiger partial charge in [-0.25, -0.2) is 9.78 Å². The first kappa shape index (κ1) is 21.7. The molecule has 2 aromatic heterocycles. The van der Waals surface area contributed by atoms with Gasteiger partial charge in [0, 0.05) is 31.1 Å². The molecule has 3 aromatic rings. The number of carbonyl (C=O) groups is 1. The number of nitrogens with zero attached hydrogens (tertiary/aromatic N) is 4. The number of piperazine rings is 1. The SMILES string of the molecule is CC(C)(C)OC(=O)N1C2CC1CN(c1nc3c(O[C@H]4CCOC4)ccc(-c4nccs4)c3o1)C2. The molecule has 1 amide bonds. The Morgan fingerprint density at radius 1 is 1.24 bits per heavy atom. The first-order valence-corrected chi connectivity index (χ1v) is 12.6. The molecular weight excluding hydrogens is 456 g/mol. The zero-order chi connectivity index (χ0) is 23.4. The lowest BCUT2D eigenvalue weighted by molar-refractivity contribution is -0.0386. The normalized spacial score (nSPS) is 24.4. The number of amides is 1. The third kappa shape index (κ3) is 3.88. The van der Waals surface area contributed by atoms with E-state index in [1.54, 1.807) is 17.5 Å². The Hall–Kier alpha value is -2.85. The van der Waals surface area contributed by atoms with E-state index in [9.17, 15) is 4.79 Å². The number of piperidine rings is 1. The second kappa shape index (κ2) is 8.13. The maximum atomic E-state index is 12.6. The van der Waals surface area contributed by atoms with E-state index < -0.39 is 5.60 Å². The van der Waals surface area contributed by atoms with Gasteiger partial charge in [0.05, 0.1) is 30.9 Å². The van der Waals surface area contributed by atoms with Crippen LogP contribution in [0.3, 0.4) is 0 Å². The Morgan fingerprint density at radius 2 is 2.06 bits per heavy atom. The van der Waals surface area contributed by atoms with Crippen LogP contribution in [-0.2, 0) is 9.47 Å². The number of benzene rings is 1. The Kier molecular flexibility index (Phi) is 5.18. The van der Waals surface area contributed by atoms with E-state index in [-0.39, 0.29) is 24.3 Å². The van der Waals surface area contributed by atoms with Crippen LogP contribution >= 0.6 is 11.3 Å². The Balaban J connectivity index is 1.29. The monoisotopic (exact) mass is 484 g/mol. The highest BCUT2D eigenvalue weighted by Crippen LogP contribution is 2.41. The van der Waals surface area contributed by atoms with Crippen LogP contribution in [0.15, 0.2) is 28.1 Å². The molecule has 0 radical (unpaired) electrons. The van der Waals surface area contributed by atoms with E-state index in [0.29, 0.717) is 49.2 Å². The van der Waals surface area contributed by atoms with Crippen molar-refractivity contribution in [2.75, 3.05) is 31.2 Å². The number of hydrogen-bond acceptors (Lipinski definition) is 9. The summed E-state index contributed by atoms with van der Waals surface area (Å²) in [6, 6.07) is 4.66. The van der Waals surface area contributed by atoms with Gasteiger partial charge in [-0.2, -0.15) is 4.98 Å². The Labute approximate surface area is 201 Å². The molecule has 6 heterocycles. The standard InChI is InChI=1S/C24H28N4O5S/c1-24(2,3)33-23(29)28-14-10-15(28)12-27(11-14)22-26-19-18(31-16-6-8-30-13-16)5-4-17(20(19)32-22)21-25-7-9-34-21/h4-5,7,9,14-16H,6,8,10-13H2,1-3H3/t14?,15?,16-/m0/s1. The van der Waals surface area contributed by atoms with Crippen LogP contribution in [0.1, 0.15) is 33.6 Å². The fourth-order valence-corrected chi connectivity index (χ4v) is 5.55. The minimum Gasteiger partial charge on any atom is -0.486 e. The molecule has 7 rings (SSSR count). The van der Waals surface area contributed by atoms with Crippen LogP contribution in [-0.4, -0.2) is 71.1 Å². The number of aromatic nitrogens is 2. The summed E-state index contributed by atoms with van der Waals surface area (Å²) in [5.74, 6) is 0.693. The zero-order valence-electron chi connectivity index (χ0n) is 19.5. The molecule has 0 aliphatic carbocycles. The van der Waals surface area contributed by atoms with Crippen molar-refractivity contribution in [3.8, 4) is 16.3 Å². The molecule has 9 nitrogen and oxygen atoms in total. The van der Waals surface area contributed by atoms with E-state index >= 15 is 0 Å². The third-order valence-electron chi connectivity index (χ3n) is 6.41. The van der Waals surface area contributed by atoms with Crippen molar-refractivity contribution in [1.29, 1.82) is 0 Å². The quantitative estimate of drug-likeness (QED) is 0.541. The maximum absolute atomic E-state index is 12.6. The largest absolute Gasteiger partial charge is 0.486 e. The average molecular weight is 485 g/mol. The van der Waals surface area contributed by atoms with Gasteiger partial charge in [0.2, 0.25) is 0 Å². The van der Waals surface area contributed by atoms with Crippen LogP contribution in [0.5, 0.6) is 5.75 Å². The average Bonchev–Trinajstić information content (AvgIpc) is 3.54. The lowest BCUT2D eigenvalue weighted by Crippen LogP contribution is -2.70. The van der Waals surface area contributed by atoms with Gasteiger partial charge in [0.15, 0.2) is 11.1 Å². The molecule has 0 saturated carbocycles. The molecule has 3 atom stereocenters. The maximum Gasteiger partial charge on any atom is 0.410 e.